The summed E-state index contributed by atoms with van der Waals surface area (Å²) in [6.45, 7) is 3.11. The highest BCUT2D eigenvalue weighted by Crippen LogP contribution is 2.25. The van der Waals surface area contributed by atoms with Crippen LogP contribution < -0.4 is 10.1 Å². The number of nitrogens with zero attached hydrogens (tertiary/aromatic N) is 1. The zero-order valence-corrected chi connectivity index (χ0v) is 17.1. The molecule has 1 fully saturated rings. The van der Waals surface area contributed by atoms with Gasteiger partial charge in [0.2, 0.25) is 15.9 Å². The van der Waals surface area contributed by atoms with E-state index in [1.54, 1.807) is 0 Å². The quantitative estimate of drug-likeness (QED) is 0.699. The molecule has 1 aliphatic rings. The van der Waals surface area contributed by atoms with Crippen molar-refractivity contribution in [1.82, 2.24) is 9.62 Å². The van der Waals surface area contributed by atoms with Crippen LogP contribution in [0.2, 0.25) is 0 Å². The molecule has 156 valence electrons. The molecule has 0 spiro atoms. The number of halogens is 1. The van der Waals surface area contributed by atoms with E-state index < -0.39 is 15.8 Å². The van der Waals surface area contributed by atoms with E-state index >= 15 is 0 Å². The molecular formula is C21H25FN2O4S. The van der Waals surface area contributed by atoms with E-state index in [2.05, 4.69) is 5.32 Å². The van der Waals surface area contributed by atoms with Gasteiger partial charge in [-0.05, 0) is 44.0 Å². The molecule has 0 saturated carbocycles. The van der Waals surface area contributed by atoms with E-state index in [1.807, 2.05) is 31.2 Å². The van der Waals surface area contributed by atoms with Crippen LogP contribution in [0.1, 0.15) is 18.4 Å². The summed E-state index contributed by atoms with van der Waals surface area (Å²) in [4.78, 5) is 12.0. The molecule has 6 nitrogen and oxygen atoms in total. The number of sulfonamides is 1. The summed E-state index contributed by atoms with van der Waals surface area (Å²) in [6.07, 6.45) is 0.802. The third-order valence-electron chi connectivity index (χ3n) is 4.97. The van der Waals surface area contributed by atoms with Gasteiger partial charge in [0, 0.05) is 19.0 Å². The van der Waals surface area contributed by atoms with Gasteiger partial charge in [-0.2, -0.15) is 4.31 Å². The second kappa shape index (κ2) is 9.37. The minimum atomic E-state index is -3.89. The van der Waals surface area contributed by atoms with E-state index in [9.17, 15) is 17.6 Å². The number of benzene rings is 2. The predicted octanol–water partition coefficient (Wildman–Crippen LogP) is 2.73. The molecule has 8 heteroatoms. The SMILES string of the molecule is Cc1ccc(OCCNC(=O)C2CCN(S(=O)(=O)c3ccccc3F)CC2)cc1. The van der Waals surface area contributed by atoms with Gasteiger partial charge >= 0.3 is 0 Å². The summed E-state index contributed by atoms with van der Waals surface area (Å²) in [5, 5.41) is 2.84. The van der Waals surface area contributed by atoms with Crippen LogP contribution in [0.5, 0.6) is 5.75 Å². The molecule has 1 N–H and O–H groups in total. The zero-order valence-electron chi connectivity index (χ0n) is 16.3. The summed E-state index contributed by atoms with van der Waals surface area (Å²) in [5.74, 6) is -0.389. The van der Waals surface area contributed by atoms with E-state index in [0.29, 0.717) is 26.0 Å². The lowest BCUT2D eigenvalue weighted by Gasteiger charge is -2.30. The van der Waals surface area contributed by atoms with Gasteiger partial charge in [0.05, 0.1) is 6.54 Å². The minimum Gasteiger partial charge on any atom is -0.492 e. The van der Waals surface area contributed by atoms with Crippen LogP contribution in [0.3, 0.4) is 0 Å². The Bertz CT molecular complexity index is 939. The van der Waals surface area contributed by atoms with Crippen molar-refractivity contribution >= 4 is 15.9 Å². The van der Waals surface area contributed by atoms with Crippen molar-refractivity contribution in [3.8, 4) is 5.75 Å². The molecule has 1 aliphatic heterocycles. The number of nitrogens with one attached hydrogen (secondary N) is 1. The summed E-state index contributed by atoms with van der Waals surface area (Å²) < 4.78 is 45.9. The fraction of sp³-hybridized carbons (Fsp3) is 0.381. The number of piperidine rings is 1. The third-order valence-corrected chi connectivity index (χ3v) is 6.90. The molecular weight excluding hydrogens is 395 g/mol. The largest absolute Gasteiger partial charge is 0.492 e. The highest BCUT2D eigenvalue weighted by Gasteiger charge is 2.33. The zero-order chi connectivity index (χ0) is 20.9. The Morgan fingerprint density at radius 1 is 1.14 bits per heavy atom. The number of aryl methyl sites for hydroxylation is 1. The third kappa shape index (κ3) is 5.33. The summed E-state index contributed by atoms with van der Waals surface area (Å²) in [5.41, 5.74) is 1.15. The molecule has 29 heavy (non-hydrogen) atoms. The molecule has 3 rings (SSSR count). The number of ether oxygens (including phenoxy) is 1. The first kappa shape index (κ1) is 21.3. The van der Waals surface area contributed by atoms with E-state index in [0.717, 1.165) is 17.4 Å². The summed E-state index contributed by atoms with van der Waals surface area (Å²) in [6, 6.07) is 13.0. The van der Waals surface area contributed by atoms with Crippen molar-refractivity contribution < 1.29 is 22.3 Å². The molecule has 1 saturated heterocycles. The van der Waals surface area contributed by atoms with Gasteiger partial charge in [0.25, 0.3) is 0 Å². The standard InChI is InChI=1S/C21H25FN2O4S/c1-16-6-8-18(9-7-16)28-15-12-23-21(25)17-10-13-24(14-11-17)29(26,27)20-5-3-2-4-19(20)22/h2-9,17H,10-15H2,1H3,(H,23,25). The molecule has 0 atom stereocenters. The van der Waals surface area contributed by atoms with Crippen LogP contribution in [0.25, 0.3) is 0 Å². The van der Waals surface area contributed by atoms with E-state index in [4.69, 9.17) is 4.74 Å². The smallest absolute Gasteiger partial charge is 0.245 e. The number of hydrogen-bond acceptors (Lipinski definition) is 4. The van der Waals surface area contributed by atoms with Crippen molar-refractivity contribution in [2.24, 2.45) is 5.92 Å². The Labute approximate surface area is 170 Å². The first-order valence-electron chi connectivity index (χ1n) is 9.60. The molecule has 1 heterocycles. The molecule has 0 bridgehead atoms. The Morgan fingerprint density at radius 2 is 1.79 bits per heavy atom. The van der Waals surface area contributed by atoms with Crippen molar-refractivity contribution in [3.05, 3.63) is 59.9 Å². The van der Waals surface area contributed by atoms with Crippen LogP contribution in [-0.2, 0) is 14.8 Å². The second-order valence-electron chi connectivity index (χ2n) is 7.06. The highest BCUT2D eigenvalue weighted by atomic mass is 32.2. The molecule has 0 aromatic heterocycles. The Hall–Kier alpha value is -2.45. The second-order valence-corrected chi connectivity index (χ2v) is 8.97. The van der Waals surface area contributed by atoms with E-state index in [1.165, 1.54) is 22.5 Å². The van der Waals surface area contributed by atoms with Crippen LogP contribution in [0.15, 0.2) is 53.4 Å². The van der Waals surface area contributed by atoms with Crippen LogP contribution in [0.4, 0.5) is 4.39 Å². The fourth-order valence-electron chi connectivity index (χ4n) is 3.27. The van der Waals surface area contributed by atoms with Gasteiger partial charge in [-0.15, -0.1) is 0 Å². The lowest BCUT2D eigenvalue weighted by Crippen LogP contribution is -2.43. The van der Waals surface area contributed by atoms with Gasteiger partial charge in [0.15, 0.2) is 0 Å². The number of hydrogen-bond donors (Lipinski definition) is 1. The monoisotopic (exact) mass is 420 g/mol. The number of rotatable bonds is 7. The maximum Gasteiger partial charge on any atom is 0.245 e. The average Bonchev–Trinajstić information content (AvgIpc) is 2.72. The lowest BCUT2D eigenvalue weighted by molar-refractivity contribution is -0.126. The lowest BCUT2D eigenvalue weighted by atomic mass is 9.97. The molecule has 0 aliphatic carbocycles. The van der Waals surface area contributed by atoms with Crippen molar-refractivity contribution in [1.29, 1.82) is 0 Å². The Balaban J connectivity index is 1.44. The predicted molar refractivity (Wildman–Crippen MR) is 108 cm³/mol. The first-order chi connectivity index (χ1) is 13.9. The van der Waals surface area contributed by atoms with Gasteiger partial charge in [0.1, 0.15) is 23.1 Å². The van der Waals surface area contributed by atoms with Crippen LogP contribution in [0, 0.1) is 18.7 Å². The first-order valence-corrected chi connectivity index (χ1v) is 11.0. The molecule has 0 radical (unpaired) electrons. The normalized spacial score (nSPS) is 15.8. The molecule has 1 amide bonds. The van der Waals surface area contributed by atoms with E-state index in [-0.39, 0.29) is 29.8 Å². The van der Waals surface area contributed by atoms with Crippen molar-refractivity contribution in [2.45, 2.75) is 24.7 Å². The minimum absolute atomic E-state index is 0.111. The number of amides is 1. The van der Waals surface area contributed by atoms with Gasteiger partial charge in [-0.3, -0.25) is 4.79 Å². The van der Waals surface area contributed by atoms with Crippen LogP contribution >= 0.6 is 0 Å². The van der Waals surface area contributed by atoms with Gasteiger partial charge in [-0.1, -0.05) is 29.8 Å². The van der Waals surface area contributed by atoms with Gasteiger partial charge < -0.3 is 10.1 Å². The van der Waals surface area contributed by atoms with Crippen molar-refractivity contribution in [3.63, 3.8) is 0 Å². The highest BCUT2D eigenvalue weighted by molar-refractivity contribution is 7.89. The maximum absolute atomic E-state index is 13.9. The number of carbonyl (C=O) groups is 1. The Kier molecular flexibility index (Phi) is 6.87. The average molecular weight is 421 g/mol. The summed E-state index contributed by atoms with van der Waals surface area (Å²) in [7, 11) is -3.89. The van der Waals surface area contributed by atoms with Crippen LogP contribution in [-0.4, -0.2) is 44.9 Å². The Morgan fingerprint density at radius 3 is 2.45 bits per heavy atom. The molecule has 2 aromatic carbocycles. The van der Waals surface area contributed by atoms with Gasteiger partial charge in [-0.25, -0.2) is 12.8 Å². The van der Waals surface area contributed by atoms with Crippen molar-refractivity contribution in [2.75, 3.05) is 26.2 Å². The molecule has 2 aromatic rings. The fourth-order valence-corrected chi connectivity index (χ4v) is 4.81. The molecule has 0 unspecified atom stereocenters. The number of carbonyl (C=O) groups excluding carboxylic acids is 1. The summed E-state index contributed by atoms with van der Waals surface area (Å²) >= 11 is 0. The topological polar surface area (TPSA) is 75.7 Å². The maximum atomic E-state index is 13.9.